The molecule has 31 heavy (non-hydrogen) atoms. The monoisotopic (exact) mass is 418 g/mol. The van der Waals surface area contributed by atoms with Crippen LogP contribution < -0.4 is 15.4 Å². The first-order valence-electron chi connectivity index (χ1n) is 10.9. The molecule has 1 aliphatic rings. The molecule has 2 N–H and O–H groups in total. The number of rotatable bonds is 7. The van der Waals surface area contributed by atoms with E-state index in [0.29, 0.717) is 0 Å². The van der Waals surface area contributed by atoms with Crippen molar-refractivity contribution in [1.29, 1.82) is 0 Å². The lowest BCUT2D eigenvalue weighted by molar-refractivity contribution is 0.232. The van der Waals surface area contributed by atoms with E-state index in [1.807, 2.05) is 55.6 Å². The van der Waals surface area contributed by atoms with Crippen LogP contribution in [0.5, 0.6) is 5.75 Å². The Morgan fingerprint density at radius 2 is 2.00 bits per heavy atom. The number of hydrogen-bond donors (Lipinski definition) is 2. The van der Waals surface area contributed by atoms with E-state index in [9.17, 15) is 4.79 Å². The Morgan fingerprint density at radius 1 is 1.19 bits per heavy atom. The Labute approximate surface area is 183 Å². The molecule has 162 valence electrons. The Morgan fingerprint density at radius 3 is 2.81 bits per heavy atom. The number of methoxy groups -OCH3 is 1. The summed E-state index contributed by atoms with van der Waals surface area (Å²) >= 11 is 0. The van der Waals surface area contributed by atoms with Crippen molar-refractivity contribution in [3.63, 3.8) is 0 Å². The lowest BCUT2D eigenvalue weighted by atomic mass is 9.93. The molecular formula is C25H30N4O2. The minimum absolute atomic E-state index is 0.00251. The number of hydrogen-bond acceptors (Lipinski definition) is 3. The molecule has 0 fully saturated rings. The van der Waals surface area contributed by atoms with Crippen molar-refractivity contribution in [2.75, 3.05) is 7.11 Å². The molecule has 6 nitrogen and oxygen atoms in total. The molecule has 6 heteroatoms. The van der Waals surface area contributed by atoms with Gasteiger partial charge in [-0.3, -0.25) is 4.68 Å². The maximum absolute atomic E-state index is 12.7. The molecule has 2 aromatic carbocycles. The number of carbonyl (C=O) groups excluding carboxylic acids is 1. The highest BCUT2D eigenvalue weighted by molar-refractivity contribution is 5.74. The van der Waals surface area contributed by atoms with Crippen LogP contribution in [0, 0.1) is 0 Å². The summed E-state index contributed by atoms with van der Waals surface area (Å²) < 4.78 is 7.35. The van der Waals surface area contributed by atoms with Gasteiger partial charge in [0.05, 0.1) is 25.9 Å². The van der Waals surface area contributed by atoms with Crippen molar-refractivity contribution in [2.24, 2.45) is 0 Å². The van der Waals surface area contributed by atoms with Crippen molar-refractivity contribution in [1.82, 2.24) is 20.4 Å². The summed E-state index contributed by atoms with van der Waals surface area (Å²) in [5.41, 5.74) is 4.73. The van der Waals surface area contributed by atoms with Gasteiger partial charge in [0.15, 0.2) is 0 Å². The molecule has 2 unspecified atom stereocenters. The molecule has 4 rings (SSSR count). The maximum atomic E-state index is 12.7. The Balaban J connectivity index is 1.36. The predicted molar refractivity (Wildman–Crippen MR) is 121 cm³/mol. The van der Waals surface area contributed by atoms with Gasteiger partial charge in [0.1, 0.15) is 5.75 Å². The SMILES string of the molecule is COc1cccc(CC(C)NC(=O)NC2CCCc3c2cnn3Cc2ccccc2)c1. The third kappa shape index (κ3) is 5.26. The van der Waals surface area contributed by atoms with E-state index in [4.69, 9.17) is 4.74 Å². The Kier molecular flexibility index (Phi) is 6.55. The molecule has 3 aromatic rings. The normalized spacial score (nSPS) is 16.3. The highest BCUT2D eigenvalue weighted by Gasteiger charge is 2.26. The largest absolute Gasteiger partial charge is 0.497 e. The van der Waals surface area contributed by atoms with E-state index in [0.717, 1.165) is 49.1 Å². The summed E-state index contributed by atoms with van der Waals surface area (Å²) in [5, 5.41) is 10.9. The topological polar surface area (TPSA) is 68.2 Å². The van der Waals surface area contributed by atoms with Gasteiger partial charge in [-0.25, -0.2) is 4.79 Å². The Bertz CT molecular complexity index is 1020. The summed E-state index contributed by atoms with van der Waals surface area (Å²) in [6, 6.07) is 18.2. The van der Waals surface area contributed by atoms with Crippen molar-refractivity contribution in [3.05, 3.63) is 83.2 Å². The molecule has 2 atom stereocenters. The first kappa shape index (κ1) is 21.0. The summed E-state index contributed by atoms with van der Waals surface area (Å²) in [4.78, 5) is 12.7. The second-order valence-corrected chi connectivity index (χ2v) is 8.21. The van der Waals surface area contributed by atoms with Crippen LogP contribution in [0.2, 0.25) is 0 Å². The number of aromatic nitrogens is 2. The lowest BCUT2D eigenvalue weighted by Gasteiger charge is -2.25. The molecule has 0 bridgehead atoms. The summed E-state index contributed by atoms with van der Waals surface area (Å²) in [7, 11) is 1.66. The fraction of sp³-hybridized carbons (Fsp3) is 0.360. The molecule has 0 saturated heterocycles. The average molecular weight is 419 g/mol. The van der Waals surface area contributed by atoms with E-state index in [2.05, 4.69) is 32.5 Å². The predicted octanol–water partition coefficient (Wildman–Crippen LogP) is 4.25. The van der Waals surface area contributed by atoms with E-state index in [1.54, 1.807) is 7.11 Å². The number of nitrogens with one attached hydrogen (secondary N) is 2. The third-order valence-corrected chi connectivity index (χ3v) is 5.80. The summed E-state index contributed by atoms with van der Waals surface area (Å²) in [5.74, 6) is 0.830. The Hall–Kier alpha value is -3.28. The zero-order valence-corrected chi connectivity index (χ0v) is 18.2. The summed E-state index contributed by atoms with van der Waals surface area (Å²) in [6.07, 6.45) is 5.63. The van der Waals surface area contributed by atoms with Gasteiger partial charge in [-0.15, -0.1) is 0 Å². The quantitative estimate of drug-likeness (QED) is 0.603. The van der Waals surface area contributed by atoms with Crippen molar-refractivity contribution >= 4 is 6.03 Å². The van der Waals surface area contributed by atoms with Gasteiger partial charge in [0, 0.05) is 17.3 Å². The molecular weight excluding hydrogens is 388 g/mol. The molecule has 2 amide bonds. The number of nitrogens with zero attached hydrogens (tertiary/aromatic N) is 2. The van der Waals surface area contributed by atoms with Crippen molar-refractivity contribution in [2.45, 2.75) is 51.2 Å². The molecule has 1 heterocycles. The number of amides is 2. The minimum atomic E-state index is -0.135. The highest BCUT2D eigenvalue weighted by atomic mass is 16.5. The van der Waals surface area contributed by atoms with Gasteiger partial charge in [-0.05, 0) is 55.9 Å². The van der Waals surface area contributed by atoms with Crippen LogP contribution in [-0.2, 0) is 19.4 Å². The van der Waals surface area contributed by atoms with Gasteiger partial charge >= 0.3 is 6.03 Å². The van der Waals surface area contributed by atoms with E-state index >= 15 is 0 Å². The first-order valence-corrected chi connectivity index (χ1v) is 10.9. The molecule has 1 aromatic heterocycles. The fourth-order valence-electron chi connectivity index (χ4n) is 4.29. The summed E-state index contributed by atoms with van der Waals surface area (Å²) in [6.45, 7) is 2.77. The van der Waals surface area contributed by atoms with Gasteiger partial charge in [0.25, 0.3) is 0 Å². The van der Waals surface area contributed by atoms with Crippen LogP contribution in [-0.4, -0.2) is 29.0 Å². The zero-order valence-electron chi connectivity index (χ0n) is 18.2. The van der Waals surface area contributed by atoms with E-state index in [-0.39, 0.29) is 18.1 Å². The molecule has 0 aliphatic heterocycles. The molecule has 0 spiro atoms. The smallest absolute Gasteiger partial charge is 0.315 e. The van der Waals surface area contributed by atoms with Crippen molar-refractivity contribution < 1.29 is 9.53 Å². The van der Waals surface area contributed by atoms with Gasteiger partial charge in [0.2, 0.25) is 0 Å². The van der Waals surface area contributed by atoms with Crippen molar-refractivity contribution in [3.8, 4) is 5.75 Å². The van der Waals surface area contributed by atoms with Gasteiger partial charge in [-0.1, -0.05) is 42.5 Å². The molecule has 0 radical (unpaired) electrons. The maximum Gasteiger partial charge on any atom is 0.315 e. The first-order chi connectivity index (χ1) is 15.1. The fourth-order valence-corrected chi connectivity index (χ4v) is 4.29. The lowest BCUT2D eigenvalue weighted by Crippen LogP contribution is -2.43. The standard InChI is InChI=1S/C25H30N4O2/c1-18(14-20-10-6-11-21(15-20)31-2)27-25(30)28-23-12-7-13-24-22(23)16-26-29(24)17-19-8-4-3-5-9-19/h3-6,8-11,15-16,18,23H,7,12-14,17H2,1-2H3,(H2,27,28,30). The van der Waals surface area contributed by atoms with Crippen LogP contribution in [0.15, 0.2) is 60.8 Å². The highest BCUT2D eigenvalue weighted by Crippen LogP contribution is 2.30. The van der Waals surface area contributed by atoms with Gasteiger partial charge in [-0.2, -0.15) is 5.10 Å². The average Bonchev–Trinajstić information content (AvgIpc) is 3.18. The third-order valence-electron chi connectivity index (χ3n) is 5.80. The number of benzene rings is 2. The van der Waals surface area contributed by atoms with E-state index in [1.165, 1.54) is 11.3 Å². The molecule has 1 aliphatic carbocycles. The number of fused-ring (bicyclic) bond motifs is 1. The van der Waals surface area contributed by atoms with Crippen LogP contribution in [0.3, 0.4) is 0 Å². The molecule has 0 saturated carbocycles. The van der Waals surface area contributed by atoms with Crippen LogP contribution in [0.25, 0.3) is 0 Å². The van der Waals surface area contributed by atoms with Crippen LogP contribution in [0.4, 0.5) is 4.79 Å². The zero-order chi connectivity index (χ0) is 21.6. The second-order valence-electron chi connectivity index (χ2n) is 8.21. The number of ether oxygens (including phenoxy) is 1. The minimum Gasteiger partial charge on any atom is -0.497 e. The number of urea groups is 1. The second kappa shape index (κ2) is 9.69. The van der Waals surface area contributed by atoms with E-state index < -0.39 is 0 Å². The number of carbonyl (C=O) groups is 1. The van der Waals surface area contributed by atoms with Gasteiger partial charge < -0.3 is 15.4 Å². The van der Waals surface area contributed by atoms with Crippen LogP contribution in [0.1, 0.15) is 48.2 Å². The van der Waals surface area contributed by atoms with Crippen LogP contribution >= 0.6 is 0 Å².